The molecule has 0 bridgehead atoms. The SMILES string of the molecule is CCCCCCCCCCCCCCCCCCn1cc[n+](CCCCCCCCCCCCCCCCCC)c1CCCCCCCCCCCCCCCC. The van der Waals surface area contributed by atoms with E-state index in [1.54, 1.807) is 5.82 Å². The molecule has 0 atom stereocenters. The molecule has 1 aromatic heterocycles. The van der Waals surface area contributed by atoms with Crippen molar-refractivity contribution in [3.05, 3.63) is 18.2 Å². The fourth-order valence-electron chi connectivity index (χ4n) is 9.33. The van der Waals surface area contributed by atoms with E-state index in [9.17, 15) is 0 Å². The molecule has 1 aromatic rings. The molecule has 0 saturated heterocycles. The van der Waals surface area contributed by atoms with E-state index in [0.717, 1.165) is 0 Å². The van der Waals surface area contributed by atoms with Gasteiger partial charge >= 0.3 is 0 Å². The molecule has 0 aromatic carbocycles. The van der Waals surface area contributed by atoms with Gasteiger partial charge in [0.1, 0.15) is 12.4 Å². The minimum Gasteiger partial charge on any atom is -0.234 e. The predicted molar refractivity (Wildman–Crippen MR) is 258 cm³/mol. The molecule has 0 radical (unpaired) electrons. The molecule has 2 heteroatoms. The summed E-state index contributed by atoms with van der Waals surface area (Å²) in [5.41, 5.74) is 0. The lowest BCUT2D eigenvalue weighted by Gasteiger charge is -2.07. The smallest absolute Gasteiger partial charge is 0.234 e. The van der Waals surface area contributed by atoms with Crippen LogP contribution in [0.15, 0.2) is 12.4 Å². The third-order valence-electron chi connectivity index (χ3n) is 13.3. The van der Waals surface area contributed by atoms with E-state index in [4.69, 9.17) is 0 Å². The Morgan fingerprint density at radius 2 is 0.544 bits per heavy atom. The summed E-state index contributed by atoms with van der Waals surface area (Å²) in [6, 6.07) is 0. The number of aryl methyl sites for hydroxylation is 2. The molecular formula is C55H109N2+. The van der Waals surface area contributed by atoms with Gasteiger partial charge in [-0.05, 0) is 32.1 Å². The molecule has 2 nitrogen and oxygen atoms in total. The van der Waals surface area contributed by atoms with Crippen molar-refractivity contribution in [2.75, 3.05) is 0 Å². The van der Waals surface area contributed by atoms with Gasteiger partial charge in [0.2, 0.25) is 0 Å². The number of unbranched alkanes of at least 4 members (excludes halogenated alkanes) is 43. The van der Waals surface area contributed by atoms with E-state index < -0.39 is 0 Å². The molecule has 0 amide bonds. The van der Waals surface area contributed by atoms with Crippen LogP contribution >= 0.6 is 0 Å². The summed E-state index contributed by atoms with van der Waals surface area (Å²) in [6.07, 6.45) is 72.8. The van der Waals surface area contributed by atoms with Crippen molar-refractivity contribution in [1.82, 2.24) is 4.57 Å². The summed E-state index contributed by atoms with van der Waals surface area (Å²) < 4.78 is 5.33. The van der Waals surface area contributed by atoms with Gasteiger partial charge in [0.25, 0.3) is 5.82 Å². The standard InChI is InChI=1S/C55H109N2/c1-4-7-10-13-16-19-22-25-28-30-33-36-39-42-45-48-51-56-53-54-57(52-49-46-43-40-37-34-31-29-26-23-20-17-14-11-8-5-2)55(56)50-47-44-41-38-35-32-27-24-21-18-15-12-9-6-3/h53-54H,4-52H2,1-3H3/q+1. The first kappa shape index (κ1) is 54.2. The monoisotopic (exact) mass is 798 g/mol. The maximum absolute atomic E-state index is 2.67. The van der Waals surface area contributed by atoms with Crippen LogP contribution in [0, 0.1) is 0 Å². The second-order valence-electron chi connectivity index (χ2n) is 19.1. The Bertz CT molecular complexity index is 818. The number of nitrogens with zero attached hydrogens (tertiary/aromatic N) is 2. The highest BCUT2D eigenvalue weighted by atomic mass is 15.1. The topological polar surface area (TPSA) is 8.81 Å². The first-order valence-corrected chi connectivity index (χ1v) is 27.4. The average Bonchev–Trinajstić information content (AvgIpc) is 3.61. The highest BCUT2D eigenvalue weighted by Crippen LogP contribution is 2.18. The predicted octanol–water partition coefficient (Wildman–Crippen LogP) is 19.3. The Labute approximate surface area is 361 Å². The van der Waals surface area contributed by atoms with Crippen LogP contribution in [0.5, 0.6) is 0 Å². The van der Waals surface area contributed by atoms with Gasteiger partial charge in [-0.1, -0.05) is 284 Å². The van der Waals surface area contributed by atoms with E-state index in [1.165, 1.54) is 315 Å². The van der Waals surface area contributed by atoms with Crippen molar-refractivity contribution in [1.29, 1.82) is 0 Å². The molecule has 1 heterocycles. The average molecular weight is 798 g/mol. The zero-order chi connectivity index (χ0) is 40.8. The third kappa shape index (κ3) is 37.9. The Morgan fingerprint density at radius 3 is 0.842 bits per heavy atom. The Balaban J connectivity index is 2.24. The minimum absolute atomic E-state index is 1.23. The number of rotatable bonds is 49. The van der Waals surface area contributed by atoms with Crippen LogP contribution in [0.3, 0.4) is 0 Å². The zero-order valence-corrected chi connectivity index (χ0v) is 40.2. The first-order valence-electron chi connectivity index (χ1n) is 27.4. The summed E-state index contributed by atoms with van der Waals surface area (Å²) in [5.74, 6) is 1.64. The van der Waals surface area contributed by atoms with E-state index in [2.05, 4.69) is 42.3 Å². The molecule has 0 fully saturated rings. The highest BCUT2D eigenvalue weighted by molar-refractivity contribution is 4.84. The van der Waals surface area contributed by atoms with Crippen LogP contribution in [0.1, 0.15) is 322 Å². The molecule has 0 aliphatic carbocycles. The highest BCUT2D eigenvalue weighted by Gasteiger charge is 2.16. The van der Waals surface area contributed by atoms with Gasteiger partial charge in [0.05, 0.1) is 13.1 Å². The van der Waals surface area contributed by atoms with Gasteiger partial charge in [-0.15, -0.1) is 0 Å². The second kappa shape index (κ2) is 46.3. The summed E-state index contributed by atoms with van der Waals surface area (Å²) in [6.45, 7) is 9.42. The van der Waals surface area contributed by atoms with Crippen molar-refractivity contribution in [2.45, 2.75) is 336 Å². The zero-order valence-electron chi connectivity index (χ0n) is 40.2. The maximum Gasteiger partial charge on any atom is 0.256 e. The molecule has 0 saturated carbocycles. The lowest BCUT2D eigenvalue weighted by molar-refractivity contribution is -0.704. The summed E-state index contributed by atoms with van der Waals surface area (Å²) >= 11 is 0. The van der Waals surface area contributed by atoms with Crippen molar-refractivity contribution in [3.63, 3.8) is 0 Å². The van der Waals surface area contributed by atoms with Crippen molar-refractivity contribution >= 4 is 0 Å². The molecule has 0 aliphatic rings. The molecule has 0 spiro atoms. The quantitative estimate of drug-likeness (QED) is 0.0459. The van der Waals surface area contributed by atoms with Gasteiger partial charge in [-0.2, -0.15) is 0 Å². The fraction of sp³-hybridized carbons (Fsp3) is 0.945. The van der Waals surface area contributed by atoms with Crippen molar-refractivity contribution in [2.24, 2.45) is 0 Å². The summed E-state index contributed by atoms with van der Waals surface area (Å²) in [5, 5.41) is 0. The fourth-order valence-corrected chi connectivity index (χ4v) is 9.33. The van der Waals surface area contributed by atoms with Gasteiger partial charge in [-0.25, -0.2) is 9.13 Å². The van der Waals surface area contributed by atoms with Crippen LogP contribution in [0.2, 0.25) is 0 Å². The molecule has 57 heavy (non-hydrogen) atoms. The van der Waals surface area contributed by atoms with Gasteiger partial charge in [0, 0.05) is 6.42 Å². The van der Waals surface area contributed by atoms with Crippen LogP contribution in [0.25, 0.3) is 0 Å². The summed E-state index contributed by atoms with van der Waals surface area (Å²) in [4.78, 5) is 0. The second-order valence-corrected chi connectivity index (χ2v) is 19.1. The molecule has 1 rings (SSSR count). The van der Waals surface area contributed by atoms with Crippen molar-refractivity contribution in [3.8, 4) is 0 Å². The number of aromatic nitrogens is 2. The Kier molecular flexibility index (Phi) is 44.0. The van der Waals surface area contributed by atoms with Gasteiger partial charge in [-0.3, -0.25) is 0 Å². The van der Waals surface area contributed by atoms with Gasteiger partial charge in [0.15, 0.2) is 0 Å². The van der Waals surface area contributed by atoms with Crippen molar-refractivity contribution < 1.29 is 4.57 Å². The molecule has 0 N–H and O–H groups in total. The largest absolute Gasteiger partial charge is 0.256 e. The lowest BCUT2D eigenvalue weighted by Crippen LogP contribution is -2.37. The maximum atomic E-state index is 2.67. The minimum atomic E-state index is 1.23. The number of imidazole rings is 1. The van der Waals surface area contributed by atoms with E-state index >= 15 is 0 Å². The number of hydrogen-bond donors (Lipinski definition) is 0. The molecule has 338 valence electrons. The van der Waals surface area contributed by atoms with E-state index in [-0.39, 0.29) is 0 Å². The van der Waals surface area contributed by atoms with E-state index in [0.29, 0.717) is 0 Å². The number of hydrogen-bond acceptors (Lipinski definition) is 0. The lowest BCUT2D eigenvalue weighted by atomic mass is 10.0. The normalized spacial score (nSPS) is 11.7. The molecule has 0 unspecified atom stereocenters. The Morgan fingerprint density at radius 1 is 0.298 bits per heavy atom. The van der Waals surface area contributed by atoms with Crippen LogP contribution in [-0.4, -0.2) is 4.57 Å². The Hall–Kier alpha value is -0.790. The van der Waals surface area contributed by atoms with E-state index in [1.807, 2.05) is 0 Å². The van der Waals surface area contributed by atoms with Crippen LogP contribution in [0.4, 0.5) is 0 Å². The molecule has 0 aliphatic heterocycles. The third-order valence-corrected chi connectivity index (χ3v) is 13.3. The molecular weight excluding hydrogens is 689 g/mol. The first-order chi connectivity index (χ1) is 28.3. The van der Waals surface area contributed by atoms with Gasteiger partial charge < -0.3 is 0 Å². The van der Waals surface area contributed by atoms with Crippen LogP contribution in [-0.2, 0) is 19.5 Å². The van der Waals surface area contributed by atoms with Crippen LogP contribution < -0.4 is 4.57 Å². The summed E-state index contributed by atoms with van der Waals surface area (Å²) in [7, 11) is 0.